The van der Waals surface area contributed by atoms with Crippen LogP contribution in [0.15, 0.2) is 18.2 Å². The van der Waals surface area contributed by atoms with Gasteiger partial charge in [0, 0.05) is 17.7 Å². The van der Waals surface area contributed by atoms with Gasteiger partial charge in [-0.2, -0.15) is 0 Å². The van der Waals surface area contributed by atoms with Crippen molar-refractivity contribution in [1.29, 1.82) is 0 Å². The summed E-state index contributed by atoms with van der Waals surface area (Å²) in [6, 6.07) is 4.40. The highest BCUT2D eigenvalue weighted by atomic mass is 35.5. The number of carbonyl (C=O) groups excluding carboxylic acids is 1. The van der Waals surface area contributed by atoms with Crippen LogP contribution in [-0.2, 0) is 4.79 Å². The molecule has 1 amide bonds. The maximum atomic E-state index is 12.1. The first kappa shape index (κ1) is 17.2. The Labute approximate surface area is 128 Å². The van der Waals surface area contributed by atoms with Crippen molar-refractivity contribution in [1.82, 2.24) is 5.32 Å². The number of piperidine rings is 1. The number of nitrogens with one attached hydrogen (secondary N) is 2. The quantitative estimate of drug-likeness (QED) is 0.654. The van der Waals surface area contributed by atoms with Crippen molar-refractivity contribution in [3.63, 3.8) is 0 Å². The number of nitro benzene ring substituents is 1. The van der Waals surface area contributed by atoms with Crippen LogP contribution in [0.25, 0.3) is 0 Å². The van der Waals surface area contributed by atoms with Gasteiger partial charge in [-0.05, 0) is 38.1 Å². The Morgan fingerprint density at radius 2 is 2.10 bits per heavy atom. The number of hydrogen-bond donors (Lipinski definition) is 2. The highest BCUT2D eigenvalue weighted by Crippen LogP contribution is 2.30. The van der Waals surface area contributed by atoms with Gasteiger partial charge in [-0.1, -0.05) is 0 Å². The van der Waals surface area contributed by atoms with E-state index in [0.717, 1.165) is 25.9 Å². The average molecular weight is 316 g/mol. The first-order chi connectivity index (χ1) is 9.61. The van der Waals surface area contributed by atoms with E-state index in [1.807, 2.05) is 0 Å². The van der Waals surface area contributed by atoms with E-state index in [4.69, 9.17) is 4.74 Å². The highest BCUT2D eigenvalue weighted by Gasteiger charge is 2.22. The summed E-state index contributed by atoms with van der Waals surface area (Å²) in [6.45, 7) is 1.64. The lowest BCUT2D eigenvalue weighted by Crippen LogP contribution is -2.34. The zero-order valence-corrected chi connectivity index (χ0v) is 12.4. The number of ether oxygens (including phenoxy) is 1. The molecule has 1 saturated heterocycles. The van der Waals surface area contributed by atoms with Gasteiger partial charge in [-0.15, -0.1) is 12.4 Å². The molecule has 1 fully saturated rings. The first-order valence-electron chi connectivity index (χ1n) is 6.46. The largest absolute Gasteiger partial charge is 0.490 e. The fourth-order valence-electron chi connectivity index (χ4n) is 2.24. The predicted octanol–water partition coefficient (Wildman–Crippen LogP) is 1.96. The molecule has 0 atom stereocenters. The minimum atomic E-state index is -0.529. The maximum absolute atomic E-state index is 12.1. The Morgan fingerprint density at radius 3 is 2.67 bits per heavy atom. The Hall–Kier alpha value is -1.86. The molecule has 1 aromatic rings. The van der Waals surface area contributed by atoms with Crippen LogP contribution >= 0.6 is 12.4 Å². The van der Waals surface area contributed by atoms with Crippen molar-refractivity contribution in [3.05, 3.63) is 28.3 Å². The molecule has 0 saturated carbocycles. The molecule has 8 heteroatoms. The summed E-state index contributed by atoms with van der Waals surface area (Å²) in [6.07, 6.45) is 1.56. The van der Waals surface area contributed by atoms with Crippen LogP contribution in [0.4, 0.5) is 11.4 Å². The van der Waals surface area contributed by atoms with E-state index >= 15 is 0 Å². The molecule has 0 radical (unpaired) electrons. The zero-order valence-electron chi connectivity index (χ0n) is 11.6. The third-order valence-electron chi connectivity index (χ3n) is 3.35. The monoisotopic (exact) mass is 315 g/mol. The molecule has 0 aliphatic carbocycles. The summed E-state index contributed by atoms with van der Waals surface area (Å²) < 4.78 is 4.92. The number of nitro groups is 1. The van der Waals surface area contributed by atoms with Crippen molar-refractivity contribution >= 4 is 29.7 Å². The molecule has 1 aliphatic heterocycles. The fraction of sp³-hybridized carbons (Fsp3) is 0.462. The molecule has 0 spiro atoms. The van der Waals surface area contributed by atoms with Crippen molar-refractivity contribution in [2.45, 2.75) is 12.8 Å². The van der Waals surface area contributed by atoms with Crippen LogP contribution < -0.4 is 15.4 Å². The second-order valence-electron chi connectivity index (χ2n) is 4.66. The minimum Gasteiger partial charge on any atom is -0.490 e. The van der Waals surface area contributed by atoms with Crippen molar-refractivity contribution in [2.75, 3.05) is 25.5 Å². The molecule has 0 unspecified atom stereocenters. The molecule has 2 rings (SSSR count). The number of benzene rings is 1. The topological polar surface area (TPSA) is 93.5 Å². The van der Waals surface area contributed by atoms with Gasteiger partial charge in [0.05, 0.1) is 12.0 Å². The van der Waals surface area contributed by atoms with Crippen LogP contribution in [0.5, 0.6) is 5.75 Å². The van der Waals surface area contributed by atoms with Crippen LogP contribution in [0.3, 0.4) is 0 Å². The number of halogens is 1. The maximum Gasteiger partial charge on any atom is 0.312 e. The van der Waals surface area contributed by atoms with Crippen molar-refractivity contribution in [2.24, 2.45) is 5.92 Å². The first-order valence-corrected chi connectivity index (χ1v) is 6.46. The third-order valence-corrected chi connectivity index (χ3v) is 3.35. The Kier molecular flexibility index (Phi) is 6.39. The standard InChI is InChI=1S/C13H17N3O4.ClH/c1-20-12-3-2-10(8-11(12)16(18)19)15-13(17)9-4-6-14-7-5-9;/h2-3,8-9,14H,4-7H2,1H3,(H,15,17);1H. The van der Waals surface area contributed by atoms with Crippen LogP contribution in [0.2, 0.25) is 0 Å². The number of methoxy groups -OCH3 is 1. The Morgan fingerprint density at radius 1 is 1.43 bits per heavy atom. The molecule has 0 bridgehead atoms. The van der Waals surface area contributed by atoms with E-state index in [-0.39, 0.29) is 35.7 Å². The Balaban J connectivity index is 0.00000220. The second-order valence-corrected chi connectivity index (χ2v) is 4.66. The number of carbonyl (C=O) groups is 1. The number of amides is 1. The van der Waals surface area contributed by atoms with E-state index in [9.17, 15) is 14.9 Å². The van der Waals surface area contributed by atoms with E-state index in [1.54, 1.807) is 6.07 Å². The van der Waals surface area contributed by atoms with Gasteiger partial charge in [0.25, 0.3) is 0 Å². The van der Waals surface area contributed by atoms with E-state index in [0.29, 0.717) is 5.69 Å². The molecule has 21 heavy (non-hydrogen) atoms. The smallest absolute Gasteiger partial charge is 0.312 e. The summed E-state index contributed by atoms with van der Waals surface area (Å²) in [5.74, 6) is 0.0400. The van der Waals surface area contributed by atoms with Gasteiger partial charge in [0.15, 0.2) is 5.75 Å². The SMILES string of the molecule is COc1ccc(NC(=O)C2CCNCC2)cc1[N+](=O)[O-].Cl. The van der Waals surface area contributed by atoms with Gasteiger partial charge < -0.3 is 15.4 Å². The summed E-state index contributed by atoms with van der Waals surface area (Å²) >= 11 is 0. The van der Waals surface area contributed by atoms with E-state index in [2.05, 4.69) is 10.6 Å². The lowest BCUT2D eigenvalue weighted by Gasteiger charge is -2.21. The van der Waals surface area contributed by atoms with Crippen LogP contribution in [-0.4, -0.2) is 31.0 Å². The van der Waals surface area contributed by atoms with Crippen LogP contribution in [0.1, 0.15) is 12.8 Å². The summed E-state index contributed by atoms with van der Waals surface area (Å²) in [4.78, 5) is 22.5. The summed E-state index contributed by atoms with van der Waals surface area (Å²) in [7, 11) is 1.37. The number of rotatable bonds is 4. The lowest BCUT2D eigenvalue weighted by atomic mass is 9.97. The van der Waals surface area contributed by atoms with Gasteiger partial charge in [0.2, 0.25) is 5.91 Å². The molecule has 116 valence electrons. The van der Waals surface area contributed by atoms with Crippen molar-refractivity contribution in [3.8, 4) is 5.75 Å². The molecule has 1 aliphatic rings. The normalized spacial score (nSPS) is 14.9. The molecule has 1 aromatic carbocycles. The second kappa shape index (κ2) is 7.80. The lowest BCUT2D eigenvalue weighted by molar-refractivity contribution is -0.385. The average Bonchev–Trinajstić information content (AvgIpc) is 2.48. The highest BCUT2D eigenvalue weighted by molar-refractivity contribution is 5.93. The molecule has 0 aromatic heterocycles. The number of hydrogen-bond acceptors (Lipinski definition) is 5. The van der Waals surface area contributed by atoms with E-state index < -0.39 is 4.92 Å². The summed E-state index contributed by atoms with van der Waals surface area (Å²) in [5, 5.41) is 16.8. The number of anilines is 1. The summed E-state index contributed by atoms with van der Waals surface area (Å²) in [5.41, 5.74) is 0.261. The molecule has 7 nitrogen and oxygen atoms in total. The van der Waals surface area contributed by atoms with Gasteiger partial charge in [0.1, 0.15) is 0 Å². The minimum absolute atomic E-state index is 0. The zero-order chi connectivity index (χ0) is 14.5. The number of nitrogens with zero attached hydrogens (tertiary/aromatic N) is 1. The fourth-order valence-corrected chi connectivity index (χ4v) is 2.24. The Bertz CT molecular complexity index is 518. The van der Waals surface area contributed by atoms with Gasteiger partial charge in [-0.3, -0.25) is 14.9 Å². The molecule has 2 N–H and O–H groups in total. The van der Waals surface area contributed by atoms with E-state index in [1.165, 1.54) is 19.2 Å². The predicted molar refractivity (Wildman–Crippen MR) is 81.1 cm³/mol. The van der Waals surface area contributed by atoms with Crippen LogP contribution in [0, 0.1) is 16.0 Å². The third kappa shape index (κ3) is 4.30. The van der Waals surface area contributed by atoms with Gasteiger partial charge >= 0.3 is 5.69 Å². The molecular formula is C13H18ClN3O4. The van der Waals surface area contributed by atoms with Gasteiger partial charge in [-0.25, -0.2) is 0 Å². The molecular weight excluding hydrogens is 298 g/mol. The molecule has 1 heterocycles. The van der Waals surface area contributed by atoms with Crippen molar-refractivity contribution < 1.29 is 14.5 Å².